The van der Waals surface area contributed by atoms with Crippen molar-refractivity contribution in [3.63, 3.8) is 0 Å². The lowest BCUT2D eigenvalue weighted by molar-refractivity contribution is 0.0953. The van der Waals surface area contributed by atoms with Crippen molar-refractivity contribution in [2.75, 3.05) is 12.3 Å². The molecule has 4 nitrogen and oxygen atoms in total. The van der Waals surface area contributed by atoms with Crippen LogP contribution in [0.5, 0.6) is 0 Å². The van der Waals surface area contributed by atoms with Gasteiger partial charge >= 0.3 is 0 Å². The molecule has 0 aliphatic rings. The van der Waals surface area contributed by atoms with Crippen molar-refractivity contribution in [2.45, 2.75) is 0 Å². The molecule has 1 aromatic rings. The highest BCUT2D eigenvalue weighted by Gasteiger charge is 2.06. The minimum atomic E-state index is -0.197. The molecule has 0 radical (unpaired) electrons. The Bertz CT molecular complexity index is 332. The van der Waals surface area contributed by atoms with E-state index in [9.17, 15) is 4.79 Å². The lowest BCUT2D eigenvalue weighted by Crippen LogP contribution is -2.24. The van der Waals surface area contributed by atoms with Gasteiger partial charge in [0.2, 0.25) is 0 Å². The molecule has 0 fully saturated rings. The number of amides is 1. The van der Waals surface area contributed by atoms with Gasteiger partial charge < -0.3 is 16.0 Å². The fourth-order valence-electron chi connectivity index (χ4n) is 0.814. The van der Waals surface area contributed by atoms with Crippen molar-refractivity contribution in [1.82, 2.24) is 10.3 Å². The first-order valence-electron chi connectivity index (χ1n) is 3.65. The molecule has 13 heavy (non-hydrogen) atoms. The van der Waals surface area contributed by atoms with Crippen LogP contribution in [-0.4, -0.2) is 17.4 Å². The first kappa shape index (κ1) is 9.85. The van der Waals surface area contributed by atoms with E-state index in [1.54, 1.807) is 12.3 Å². The van der Waals surface area contributed by atoms with Gasteiger partial charge in [0.25, 0.3) is 5.91 Å². The summed E-state index contributed by atoms with van der Waals surface area (Å²) in [6.45, 7) is 3.99. The average Bonchev–Trinajstić information content (AvgIpc) is 2.47. The van der Waals surface area contributed by atoms with Gasteiger partial charge in [-0.1, -0.05) is 22.5 Å². The molecule has 4 N–H and O–H groups in total. The normalized spacial score (nSPS) is 9.62. The third kappa shape index (κ3) is 2.95. The Hall–Kier alpha value is -1.23. The van der Waals surface area contributed by atoms with Crippen LogP contribution >= 0.6 is 15.9 Å². The zero-order valence-corrected chi connectivity index (χ0v) is 8.52. The Morgan fingerprint density at radius 2 is 2.46 bits per heavy atom. The maximum absolute atomic E-state index is 11.3. The molecule has 1 rings (SSSR count). The summed E-state index contributed by atoms with van der Waals surface area (Å²) < 4.78 is 0.723. The molecule has 1 aromatic heterocycles. The topological polar surface area (TPSA) is 70.9 Å². The van der Waals surface area contributed by atoms with Gasteiger partial charge in [-0.15, -0.1) is 0 Å². The zero-order chi connectivity index (χ0) is 9.84. The minimum Gasteiger partial charge on any atom is -0.397 e. The number of hydrogen-bond acceptors (Lipinski definition) is 2. The Morgan fingerprint density at radius 1 is 1.77 bits per heavy atom. The molecular formula is C8H10BrN3O. The molecule has 0 aliphatic carbocycles. The highest BCUT2D eigenvalue weighted by molar-refractivity contribution is 9.11. The molecule has 1 amide bonds. The number of H-pyrrole nitrogens is 1. The summed E-state index contributed by atoms with van der Waals surface area (Å²) in [6, 6.07) is 1.58. The minimum absolute atomic E-state index is 0.197. The van der Waals surface area contributed by atoms with Gasteiger partial charge in [-0.2, -0.15) is 0 Å². The molecule has 0 aromatic carbocycles. The monoisotopic (exact) mass is 243 g/mol. The average molecular weight is 244 g/mol. The molecule has 0 saturated carbocycles. The van der Waals surface area contributed by atoms with Crippen molar-refractivity contribution in [1.29, 1.82) is 0 Å². The molecule has 0 aliphatic heterocycles. The van der Waals surface area contributed by atoms with E-state index in [4.69, 9.17) is 5.73 Å². The van der Waals surface area contributed by atoms with Gasteiger partial charge in [0, 0.05) is 22.9 Å². The van der Waals surface area contributed by atoms with Crippen LogP contribution in [0, 0.1) is 0 Å². The van der Waals surface area contributed by atoms with E-state index in [1.807, 2.05) is 0 Å². The Balaban J connectivity index is 2.54. The summed E-state index contributed by atoms with van der Waals surface area (Å²) in [4.78, 5) is 14.0. The molecule has 0 bridgehead atoms. The third-order valence-electron chi connectivity index (χ3n) is 1.39. The summed E-state index contributed by atoms with van der Waals surface area (Å²) in [7, 11) is 0. The SMILES string of the molecule is C=C(Br)CNC(=O)c1cc(N)c[nH]1. The Labute approximate surface area is 84.3 Å². The number of nitrogens with two attached hydrogens (primary N) is 1. The maximum atomic E-state index is 11.3. The highest BCUT2D eigenvalue weighted by atomic mass is 79.9. The van der Waals surface area contributed by atoms with E-state index in [2.05, 4.69) is 32.8 Å². The second-order valence-corrected chi connectivity index (χ2v) is 3.67. The number of aromatic nitrogens is 1. The number of aromatic amines is 1. The second kappa shape index (κ2) is 4.13. The lowest BCUT2D eigenvalue weighted by Gasteiger charge is -2.00. The molecule has 1 heterocycles. The summed E-state index contributed by atoms with van der Waals surface area (Å²) in [5.41, 5.74) is 6.43. The smallest absolute Gasteiger partial charge is 0.268 e. The van der Waals surface area contributed by atoms with Crippen LogP contribution in [0.4, 0.5) is 5.69 Å². The molecule has 0 atom stereocenters. The van der Waals surface area contributed by atoms with Crippen LogP contribution in [0.25, 0.3) is 0 Å². The third-order valence-corrected chi connectivity index (χ3v) is 1.67. The first-order valence-corrected chi connectivity index (χ1v) is 4.44. The number of hydrogen-bond donors (Lipinski definition) is 3. The van der Waals surface area contributed by atoms with E-state index in [0.29, 0.717) is 17.9 Å². The summed E-state index contributed by atoms with van der Waals surface area (Å²) >= 11 is 3.14. The number of nitrogen functional groups attached to an aromatic ring is 1. The van der Waals surface area contributed by atoms with Crippen LogP contribution in [0.1, 0.15) is 10.5 Å². The fourth-order valence-corrected chi connectivity index (χ4v) is 0.954. The number of anilines is 1. The Kier molecular flexibility index (Phi) is 3.13. The zero-order valence-electron chi connectivity index (χ0n) is 6.93. The van der Waals surface area contributed by atoms with Crippen LogP contribution in [0.3, 0.4) is 0 Å². The van der Waals surface area contributed by atoms with E-state index in [0.717, 1.165) is 4.48 Å². The van der Waals surface area contributed by atoms with E-state index in [1.165, 1.54) is 0 Å². The summed E-state index contributed by atoms with van der Waals surface area (Å²) in [6.07, 6.45) is 1.57. The van der Waals surface area contributed by atoms with Crippen LogP contribution < -0.4 is 11.1 Å². The predicted molar refractivity (Wildman–Crippen MR) is 55.6 cm³/mol. The van der Waals surface area contributed by atoms with Crippen LogP contribution in [0.15, 0.2) is 23.3 Å². The van der Waals surface area contributed by atoms with Crippen molar-refractivity contribution in [2.24, 2.45) is 0 Å². The Morgan fingerprint density at radius 3 is 2.92 bits per heavy atom. The van der Waals surface area contributed by atoms with Crippen molar-refractivity contribution in [3.8, 4) is 0 Å². The summed E-state index contributed by atoms with van der Waals surface area (Å²) in [5, 5.41) is 2.64. The van der Waals surface area contributed by atoms with Gasteiger partial charge in [-0.05, 0) is 6.07 Å². The number of halogens is 1. The number of nitrogens with one attached hydrogen (secondary N) is 2. The number of rotatable bonds is 3. The standard InChI is InChI=1S/C8H10BrN3O/c1-5(9)3-12-8(13)7-2-6(10)4-11-7/h2,4,11H,1,3,10H2,(H,12,13). The van der Waals surface area contributed by atoms with Crippen LogP contribution in [-0.2, 0) is 0 Å². The van der Waals surface area contributed by atoms with Gasteiger partial charge in [-0.25, -0.2) is 0 Å². The predicted octanol–water partition coefficient (Wildman–Crippen LogP) is 1.24. The number of carbonyl (C=O) groups is 1. The lowest BCUT2D eigenvalue weighted by atomic mass is 10.4. The quantitative estimate of drug-likeness (QED) is 0.748. The molecule has 70 valence electrons. The summed E-state index contributed by atoms with van der Waals surface area (Å²) in [5.74, 6) is -0.197. The first-order chi connectivity index (χ1) is 6.09. The largest absolute Gasteiger partial charge is 0.397 e. The molecule has 0 saturated heterocycles. The van der Waals surface area contributed by atoms with Gasteiger partial charge in [0.05, 0.1) is 0 Å². The number of carbonyl (C=O) groups excluding carboxylic acids is 1. The molecule has 0 spiro atoms. The van der Waals surface area contributed by atoms with Crippen molar-refractivity contribution >= 4 is 27.5 Å². The highest BCUT2D eigenvalue weighted by Crippen LogP contribution is 2.04. The maximum Gasteiger partial charge on any atom is 0.268 e. The molecule has 5 heteroatoms. The van der Waals surface area contributed by atoms with Crippen molar-refractivity contribution < 1.29 is 4.79 Å². The van der Waals surface area contributed by atoms with E-state index < -0.39 is 0 Å². The molecular weight excluding hydrogens is 234 g/mol. The van der Waals surface area contributed by atoms with E-state index in [-0.39, 0.29) is 5.91 Å². The van der Waals surface area contributed by atoms with Crippen molar-refractivity contribution in [3.05, 3.63) is 29.0 Å². The van der Waals surface area contributed by atoms with E-state index >= 15 is 0 Å². The second-order valence-electron chi connectivity index (χ2n) is 2.55. The van der Waals surface area contributed by atoms with Gasteiger partial charge in [0.15, 0.2) is 0 Å². The fraction of sp³-hybridized carbons (Fsp3) is 0.125. The van der Waals surface area contributed by atoms with Gasteiger partial charge in [0.1, 0.15) is 5.69 Å². The molecule has 0 unspecified atom stereocenters. The van der Waals surface area contributed by atoms with Crippen LogP contribution in [0.2, 0.25) is 0 Å². The van der Waals surface area contributed by atoms with Gasteiger partial charge in [-0.3, -0.25) is 4.79 Å².